The van der Waals surface area contributed by atoms with Crippen LogP contribution in [0.2, 0.25) is 0 Å². The van der Waals surface area contributed by atoms with Crippen molar-refractivity contribution < 1.29 is 41.5 Å². The van der Waals surface area contributed by atoms with E-state index in [4.69, 9.17) is 0 Å². The van der Waals surface area contributed by atoms with E-state index in [2.05, 4.69) is 60.4 Å². The summed E-state index contributed by atoms with van der Waals surface area (Å²) in [5, 5.41) is 30.2. The van der Waals surface area contributed by atoms with Crippen molar-refractivity contribution in [1.29, 1.82) is 0 Å². The minimum absolute atomic E-state index is 0. The number of allylic oxidation sites excluding steroid dienone is 4. The molecule has 4 heteroatoms. The van der Waals surface area contributed by atoms with E-state index in [0.29, 0.717) is 19.3 Å². The van der Waals surface area contributed by atoms with Gasteiger partial charge in [0.05, 0.1) is 0 Å². The Labute approximate surface area is 200 Å². The van der Waals surface area contributed by atoms with Gasteiger partial charge in [-0.3, -0.25) is 6.08 Å². The van der Waals surface area contributed by atoms with Crippen LogP contribution in [0.25, 0.3) is 0 Å². The second-order valence-electron chi connectivity index (χ2n) is 7.63. The fraction of sp³-hybridized carbons (Fsp3) is 0.600. The zero-order valence-corrected chi connectivity index (χ0v) is 22.4. The van der Waals surface area contributed by atoms with Gasteiger partial charge in [-0.2, -0.15) is 11.1 Å². The quantitative estimate of drug-likeness (QED) is 0.425. The largest absolute Gasteiger partial charge is 4.00 e. The Hall–Kier alpha value is -0.537. The van der Waals surface area contributed by atoms with Crippen LogP contribution in [0.1, 0.15) is 74.7 Å². The SMILES string of the molecule is C=CCC(C)[O-].C=CCC(C)[O-].C=CCC(C)[O-].CC1=[C-]C(C)(C)C(C)=C1C.[Zr+4]. The Kier molecular flexibility index (Phi) is 25.6. The van der Waals surface area contributed by atoms with E-state index in [1.165, 1.54) is 16.7 Å². The maximum atomic E-state index is 10.1. The summed E-state index contributed by atoms with van der Waals surface area (Å²) in [6.07, 6.45) is 8.69. The molecule has 0 amide bonds. The molecule has 0 spiro atoms. The van der Waals surface area contributed by atoms with Crippen molar-refractivity contribution >= 4 is 0 Å². The fourth-order valence-electron chi connectivity index (χ4n) is 2.11. The Morgan fingerprint density at radius 1 is 0.793 bits per heavy atom. The predicted octanol–water partition coefficient (Wildman–Crippen LogP) is 4.04. The minimum Gasteiger partial charge on any atom is -0.852 e. The molecule has 0 radical (unpaired) electrons. The van der Waals surface area contributed by atoms with E-state index in [9.17, 15) is 15.3 Å². The molecule has 0 aromatic heterocycles. The molecule has 0 aromatic rings. The fourth-order valence-corrected chi connectivity index (χ4v) is 2.11. The summed E-state index contributed by atoms with van der Waals surface area (Å²) in [4.78, 5) is 0. The molecule has 0 saturated heterocycles. The maximum absolute atomic E-state index is 10.1. The summed E-state index contributed by atoms with van der Waals surface area (Å²) in [5.41, 5.74) is 4.39. The maximum Gasteiger partial charge on any atom is 4.00 e. The summed E-state index contributed by atoms with van der Waals surface area (Å²) in [6.45, 7) is 26.0. The van der Waals surface area contributed by atoms with Crippen LogP contribution in [0.5, 0.6) is 0 Å². The van der Waals surface area contributed by atoms with E-state index in [1.54, 1.807) is 39.0 Å². The Morgan fingerprint density at radius 2 is 1.07 bits per heavy atom. The monoisotopic (exact) mass is 480 g/mol. The van der Waals surface area contributed by atoms with Gasteiger partial charge in [0.2, 0.25) is 0 Å². The third-order valence-electron chi connectivity index (χ3n) is 4.06. The molecule has 0 saturated carbocycles. The smallest absolute Gasteiger partial charge is 0.852 e. The Bertz CT molecular complexity index is 465. The average Bonchev–Trinajstić information content (AvgIpc) is 2.71. The standard InChI is InChI=1S/C10H15.3C5H9O.Zr/c1-7-6-10(4,5)9(3)8(7)2;3*1-3-4-5(2)6;/h1-5H3;3*3,5H,1,4H2,2H3;/q4*-1;+4. The van der Waals surface area contributed by atoms with Crippen molar-refractivity contribution in [1.82, 2.24) is 0 Å². The van der Waals surface area contributed by atoms with Crippen molar-refractivity contribution in [2.45, 2.75) is 93.0 Å². The van der Waals surface area contributed by atoms with Gasteiger partial charge < -0.3 is 15.3 Å². The summed E-state index contributed by atoms with van der Waals surface area (Å²) in [5.74, 6) is 0. The van der Waals surface area contributed by atoms with Gasteiger partial charge in [-0.15, -0.1) is 45.0 Å². The topological polar surface area (TPSA) is 69.2 Å². The van der Waals surface area contributed by atoms with Gasteiger partial charge in [0.15, 0.2) is 0 Å². The molecular formula is C25H42O3Zr. The minimum atomic E-state index is -0.470. The zero-order valence-electron chi connectivity index (χ0n) is 19.9. The van der Waals surface area contributed by atoms with Gasteiger partial charge in [-0.1, -0.05) is 72.1 Å². The first kappa shape index (κ1) is 35.9. The number of hydrogen-bond acceptors (Lipinski definition) is 3. The first-order valence-corrected chi connectivity index (χ1v) is 9.86. The number of hydrogen-bond donors (Lipinski definition) is 0. The van der Waals surface area contributed by atoms with Crippen LogP contribution in [0.4, 0.5) is 0 Å². The van der Waals surface area contributed by atoms with Gasteiger partial charge >= 0.3 is 26.2 Å². The molecule has 29 heavy (non-hydrogen) atoms. The summed E-state index contributed by atoms with van der Waals surface area (Å²) in [6, 6.07) is 0. The molecule has 0 N–H and O–H groups in total. The first-order valence-electron chi connectivity index (χ1n) is 9.86. The van der Waals surface area contributed by atoms with E-state index in [1.807, 2.05) is 0 Å². The van der Waals surface area contributed by atoms with E-state index >= 15 is 0 Å². The van der Waals surface area contributed by atoms with Crippen molar-refractivity contribution in [2.75, 3.05) is 0 Å². The van der Waals surface area contributed by atoms with Gasteiger partial charge in [0, 0.05) is 0 Å². The molecule has 1 rings (SSSR count). The first-order chi connectivity index (χ1) is 12.8. The third kappa shape index (κ3) is 23.6. The molecule has 1 aliphatic rings. The van der Waals surface area contributed by atoms with Crippen LogP contribution in [-0.2, 0) is 26.2 Å². The Morgan fingerprint density at radius 3 is 1.10 bits per heavy atom. The van der Waals surface area contributed by atoms with Crippen LogP contribution in [0.3, 0.4) is 0 Å². The molecule has 3 atom stereocenters. The van der Waals surface area contributed by atoms with Crippen LogP contribution in [0.15, 0.2) is 54.7 Å². The van der Waals surface area contributed by atoms with E-state index in [-0.39, 0.29) is 31.6 Å². The van der Waals surface area contributed by atoms with Gasteiger partial charge in [0.1, 0.15) is 0 Å². The third-order valence-corrected chi connectivity index (χ3v) is 4.06. The molecular weight excluding hydrogens is 439 g/mol. The van der Waals surface area contributed by atoms with E-state index < -0.39 is 18.3 Å². The number of rotatable bonds is 6. The average molecular weight is 482 g/mol. The van der Waals surface area contributed by atoms with Crippen LogP contribution < -0.4 is 15.3 Å². The summed E-state index contributed by atoms with van der Waals surface area (Å²) < 4.78 is 0. The molecule has 164 valence electrons. The van der Waals surface area contributed by atoms with Crippen molar-refractivity contribution in [2.24, 2.45) is 5.41 Å². The molecule has 3 unspecified atom stereocenters. The molecule has 0 fully saturated rings. The molecule has 1 aliphatic carbocycles. The van der Waals surface area contributed by atoms with Gasteiger partial charge in [0.25, 0.3) is 0 Å². The molecule has 3 nitrogen and oxygen atoms in total. The van der Waals surface area contributed by atoms with Crippen molar-refractivity contribution in [3.05, 3.63) is 60.8 Å². The second kappa shape index (κ2) is 20.7. The van der Waals surface area contributed by atoms with Crippen LogP contribution in [0, 0.1) is 11.5 Å². The molecule has 0 aliphatic heterocycles. The normalized spacial score (nSPS) is 16.6. The Balaban J connectivity index is -0.000000147. The van der Waals surface area contributed by atoms with E-state index in [0.717, 1.165) is 0 Å². The predicted molar refractivity (Wildman–Crippen MR) is 117 cm³/mol. The summed E-state index contributed by atoms with van der Waals surface area (Å²) >= 11 is 0. The van der Waals surface area contributed by atoms with Gasteiger partial charge in [-0.25, -0.2) is 5.57 Å². The zero-order chi connectivity index (χ0) is 22.9. The van der Waals surface area contributed by atoms with Crippen LogP contribution in [-0.4, -0.2) is 18.3 Å². The van der Waals surface area contributed by atoms with Gasteiger partial charge in [-0.05, 0) is 19.3 Å². The summed E-state index contributed by atoms with van der Waals surface area (Å²) in [7, 11) is 0. The molecule has 0 heterocycles. The second-order valence-corrected chi connectivity index (χ2v) is 7.63. The van der Waals surface area contributed by atoms with Crippen LogP contribution >= 0.6 is 0 Å². The molecule has 0 aromatic carbocycles. The van der Waals surface area contributed by atoms with Crippen molar-refractivity contribution in [3.63, 3.8) is 0 Å². The van der Waals surface area contributed by atoms with Crippen molar-refractivity contribution in [3.8, 4) is 0 Å². The molecule has 0 bridgehead atoms.